The van der Waals surface area contributed by atoms with Crippen LogP contribution in [0.2, 0.25) is 0 Å². The van der Waals surface area contributed by atoms with Gasteiger partial charge in [-0.3, -0.25) is 14.4 Å². The first-order chi connectivity index (χ1) is 40.5. The van der Waals surface area contributed by atoms with Crippen LogP contribution >= 0.6 is 0 Å². The Balaban J connectivity index is 4.48. The molecule has 0 aromatic rings. The van der Waals surface area contributed by atoms with E-state index in [1.807, 2.05) is 6.08 Å². The van der Waals surface area contributed by atoms with E-state index in [2.05, 4.69) is 179 Å². The Hall–Kier alpha value is -5.23. The molecule has 1 atom stereocenters. The first-order valence-electron chi connectivity index (χ1n) is 33.1. The summed E-state index contributed by atoms with van der Waals surface area (Å²) in [4.78, 5) is 38.3. The van der Waals surface area contributed by atoms with Gasteiger partial charge in [-0.1, -0.05) is 306 Å². The van der Waals surface area contributed by atoms with E-state index in [1.165, 1.54) is 96.3 Å². The van der Waals surface area contributed by atoms with Crippen molar-refractivity contribution in [2.24, 2.45) is 0 Å². The van der Waals surface area contributed by atoms with Gasteiger partial charge in [-0.15, -0.1) is 0 Å². The van der Waals surface area contributed by atoms with E-state index in [0.717, 1.165) is 135 Å². The maximum absolute atomic E-state index is 12.9. The smallest absolute Gasteiger partial charge is 0.309 e. The second-order valence-electron chi connectivity index (χ2n) is 21.3. The zero-order valence-corrected chi connectivity index (χ0v) is 52.7. The van der Waals surface area contributed by atoms with Crippen LogP contribution in [-0.2, 0) is 28.6 Å². The predicted octanol–water partition coefficient (Wildman–Crippen LogP) is 23.0. The summed E-state index contributed by atoms with van der Waals surface area (Å²) in [5.41, 5.74) is 0. The van der Waals surface area contributed by atoms with Crippen LogP contribution in [0.15, 0.2) is 170 Å². The minimum atomic E-state index is -0.840. The van der Waals surface area contributed by atoms with E-state index >= 15 is 0 Å². The number of ether oxygens (including phenoxy) is 3. The van der Waals surface area contributed by atoms with E-state index in [0.29, 0.717) is 12.8 Å². The van der Waals surface area contributed by atoms with Crippen molar-refractivity contribution >= 4 is 17.9 Å². The number of hydrogen-bond acceptors (Lipinski definition) is 6. The van der Waals surface area contributed by atoms with Crippen molar-refractivity contribution in [3.05, 3.63) is 170 Å². The zero-order chi connectivity index (χ0) is 59.2. The van der Waals surface area contributed by atoms with Crippen molar-refractivity contribution in [2.75, 3.05) is 13.2 Å². The molecule has 0 N–H and O–H groups in total. The lowest BCUT2D eigenvalue weighted by atomic mass is 10.0. The van der Waals surface area contributed by atoms with Gasteiger partial charge < -0.3 is 14.2 Å². The van der Waals surface area contributed by atoms with E-state index in [1.54, 1.807) is 6.08 Å². The average molecular weight is 1130 g/mol. The van der Waals surface area contributed by atoms with Crippen molar-refractivity contribution < 1.29 is 28.6 Å². The monoisotopic (exact) mass is 1130 g/mol. The van der Waals surface area contributed by atoms with Gasteiger partial charge in [0.25, 0.3) is 0 Å². The molecule has 0 saturated carbocycles. The summed E-state index contributed by atoms with van der Waals surface area (Å²) in [5, 5.41) is 0. The molecule has 0 amide bonds. The minimum absolute atomic E-state index is 0.115. The normalized spacial score (nSPS) is 13.3. The van der Waals surface area contributed by atoms with Crippen LogP contribution in [0, 0.1) is 0 Å². The molecule has 0 radical (unpaired) electrons. The quantitative estimate of drug-likeness (QED) is 0.0261. The minimum Gasteiger partial charge on any atom is -0.462 e. The molecule has 82 heavy (non-hydrogen) atoms. The topological polar surface area (TPSA) is 78.9 Å². The molecule has 0 bridgehead atoms. The molecule has 0 aliphatic heterocycles. The molecule has 0 aromatic heterocycles. The third kappa shape index (κ3) is 65.6. The fourth-order valence-corrected chi connectivity index (χ4v) is 8.63. The average Bonchev–Trinajstić information content (AvgIpc) is 3.47. The summed E-state index contributed by atoms with van der Waals surface area (Å²) in [5.74, 6) is -1.09. The zero-order valence-electron chi connectivity index (χ0n) is 52.7. The number of unbranched alkanes of at least 4 members (excludes halogenated alkanes) is 20. The first-order valence-corrected chi connectivity index (χ1v) is 33.1. The molecule has 0 aliphatic carbocycles. The van der Waals surface area contributed by atoms with Crippen molar-refractivity contribution in [3.8, 4) is 0 Å². The Morgan fingerprint density at radius 1 is 0.268 bits per heavy atom. The summed E-state index contributed by atoms with van der Waals surface area (Å²) in [6.07, 6.45) is 101. The highest BCUT2D eigenvalue weighted by atomic mass is 16.6. The van der Waals surface area contributed by atoms with Gasteiger partial charge in [0, 0.05) is 12.8 Å². The van der Waals surface area contributed by atoms with E-state index in [-0.39, 0.29) is 31.6 Å². The molecule has 460 valence electrons. The van der Waals surface area contributed by atoms with E-state index < -0.39 is 12.1 Å². The highest BCUT2D eigenvalue weighted by molar-refractivity contribution is 5.72. The van der Waals surface area contributed by atoms with Crippen LogP contribution < -0.4 is 0 Å². The Kier molecular flexibility index (Phi) is 63.9. The molecular formula is C76H120O6. The van der Waals surface area contributed by atoms with Crippen molar-refractivity contribution in [1.29, 1.82) is 0 Å². The molecule has 6 nitrogen and oxygen atoms in total. The lowest BCUT2D eigenvalue weighted by Gasteiger charge is -2.18. The molecule has 6 heteroatoms. The van der Waals surface area contributed by atoms with Crippen molar-refractivity contribution in [1.82, 2.24) is 0 Å². The lowest BCUT2D eigenvalue weighted by Crippen LogP contribution is -2.30. The van der Waals surface area contributed by atoms with Crippen LogP contribution in [0.5, 0.6) is 0 Å². The van der Waals surface area contributed by atoms with Crippen LogP contribution in [0.1, 0.15) is 271 Å². The molecular weight excluding hydrogens is 1010 g/mol. The highest BCUT2D eigenvalue weighted by Gasteiger charge is 2.19. The van der Waals surface area contributed by atoms with Gasteiger partial charge in [0.1, 0.15) is 13.2 Å². The maximum Gasteiger partial charge on any atom is 0.309 e. The lowest BCUT2D eigenvalue weighted by molar-refractivity contribution is -0.166. The molecule has 0 aliphatic rings. The highest BCUT2D eigenvalue weighted by Crippen LogP contribution is 2.16. The van der Waals surface area contributed by atoms with Gasteiger partial charge in [-0.25, -0.2) is 0 Å². The second kappa shape index (κ2) is 68.3. The maximum atomic E-state index is 12.9. The summed E-state index contributed by atoms with van der Waals surface area (Å²) in [6, 6.07) is 0. The fraction of sp³-hybridized carbons (Fsp3) is 0.592. The first kappa shape index (κ1) is 76.8. The molecule has 0 spiro atoms. The van der Waals surface area contributed by atoms with Gasteiger partial charge >= 0.3 is 17.9 Å². The number of rotatable bonds is 58. The summed E-state index contributed by atoms with van der Waals surface area (Å²) in [7, 11) is 0. The third-order valence-corrected chi connectivity index (χ3v) is 13.5. The molecule has 0 saturated heterocycles. The second-order valence-corrected chi connectivity index (χ2v) is 21.3. The molecule has 0 heterocycles. The van der Waals surface area contributed by atoms with Crippen LogP contribution in [0.25, 0.3) is 0 Å². The summed E-state index contributed by atoms with van der Waals surface area (Å²) < 4.78 is 16.8. The Morgan fingerprint density at radius 3 is 0.854 bits per heavy atom. The number of allylic oxidation sites excluding steroid dienone is 27. The van der Waals surface area contributed by atoms with Gasteiger partial charge in [-0.05, 0) is 116 Å². The Bertz CT molecular complexity index is 1870. The molecule has 1 unspecified atom stereocenters. The van der Waals surface area contributed by atoms with Crippen LogP contribution in [0.4, 0.5) is 0 Å². The standard InChI is InChI=1S/C76H120O6/c1-4-7-10-13-16-19-22-25-28-30-32-33-34-35-36-37-38-39-40-41-42-43-44-46-48-51-54-57-60-63-66-69-75(78)81-72-73(71-80-74(77)68-65-62-59-56-53-50-47-27-24-21-18-15-12-9-6-3)82-76(79)70-67-64-61-58-55-52-49-45-31-29-26-23-20-17-14-11-8-5-2/h7,9-10,12,16,18-19,21,25,27-28,32-33,35-36,38-39,41-42,44,46-47,51,53-54,56,62,65,73H,4-6,8,11,13-15,17,20,22-24,26,29-31,34,37,40,43,45,48-50,52,55,57-61,63-64,66-72H2,1-3H3/b10-7-,12-9-,19-16-,21-18-,28-25-,33-32-,36-35-,39-38-,42-41-,46-44-,47-27-,54-51-,56-53-,65-62-. The third-order valence-electron chi connectivity index (χ3n) is 13.5. The van der Waals surface area contributed by atoms with Crippen LogP contribution in [0.3, 0.4) is 0 Å². The largest absolute Gasteiger partial charge is 0.462 e. The van der Waals surface area contributed by atoms with E-state index in [9.17, 15) is 14.4 Å². The number of carbonyl (C=O) groups excluding carboxylic acids is 3. The van der Waals surface area contributed by atoms with Crippen LogP contribution in [-0.4, -0.2) is 37.2 Å². The van der Waals surface area contributed by atoms with Gasteiger partial charge in [-0.2, -0.15) is 0 Å². The van der Waals surface area contributed by atoms with Gasteiger partial charge in [0.05, 0.1) is 6.42 Å². The summed E-state index contributed by atoms with van der Waals surface area (Å²) >= 11 is 0. The number of carbonyl (C=O) groups is 3. The van der Waals surface area contributed by atoms with Gasteiger partial charge in [0.2, 0.25) is 0 Å². The van der Waals surface area contributed by atoms with Crippen molar-refractivity contribution in [3.63, 3.8) is 0 Å². The van der Waals surface area contributed by atoms with E-state index in [4.69, 9.17) is 14.2 Å². The van der Waals surface area contributed by atoms with Crippen molar-refractivity contribution in [2.45, 2.75) is 277 Å². The molecule has 0 fully saturated rings. The Labute approximate surface area is 504 Å². The number of hydrogen-bond donors (Lipinski definition) is 0. The predicted molar refractivity (Wildman–Crippen MR) is 357 cm³/mol. The molecule has 0 aromatic carbocycles. The molecule has 0 rings (SSSR count). The SMILES string of the molecule is CC/C=C\C/C=C\C/C=C\C/C=C\C/C=C\C/C=C\C/C=C\C/C=C\C/C=C\CCCCCC(=O)OCC(COC(=O)C/C=C\C/C=C\C/C=C\C/C=C\C/C=C\CC)OC(=O)CCCCCCCCCCCCCCCCCCCC. The van der Waals surface area contributed by atoms with Gasteiger partial charge in [0.15, 0.2) is 6.10 Å². The fourth-order valence-electron chi connectivity index (χ4n) is 8.63. The number of esters is 3. The Morgan fingerprint density at radius 2 is 0.524 bits per heavy atom. The summed E-state index contributed by atoms with van der Waals surface area (Å²) in [6.45, 7) is 6.30.